The van der Waals surface area contributed by atoms with Crippen molar-refractivity contribution in [2.45, 2.75) is 20.0 Å². The lowest BCUT2D eigenvalue weighted by Gasteiger charge is -2.03. The van der Waals surface area contributed by atoms with E-state index in [1.165, 1.54) is 22.2 Å². The Morgan fingerprint density at radius 2 is 2.10 bits per heavy atom. The van der Waals surface area contributed by atoms with E-state index in [-0.39, 0.29) is 0 Å². The van der Waals surface area contributed by atoms with Crippen molar-refractivity contribution in [2.75, 3.05) is 19.0 Å². The highest BCUT2D eigenvalue weighted by Crippen LogP contribution is 2.19. The predicted octanol–water partition coefficient (Wildman–Crippen LogP) is 1.95. The lowest BCUT2D eigenvalue weighted by atomic mass is 10.1. The van der Waals surface area contributed by atoms with Crippen molar-refractivity contribution in [3.05, 3.63) is 41.3 Å². The molecule has 0 bridgehead atoms. The lowest BCUT2D eigenvalue weighted by Crippen LogP contribution is -2.14. The summed E-state index contributed by atoms with van der Waals surface area (Å²) < 4.78 is 0. The molecule has 2 aromatic heterocycles. The number of nitrogens with one attached hydrogen (secondary N) is 3. The zero-order chi connectivity index (χ0) is 14.8. The molecule has 6 heteroatoms. The van der Waals surface area contributed by atoms with E-state index >= 15 is 0 Å². The van der Waals surface area contributed by atoms with Crippen LogP contribution < -0.4 is 10.2 Å². The van der Waals surface area contributed by atoms with Crippen molar-refractivity contribution in [1.29, 1.82) is 0 Å². The first kappa shape index (κ1) is 13.6. The SMILES string of the molecule is Cc1cccc2[nH]c(CNCc3nc(N(C)C)n[nH]3)cc12. The van der Waals surface area contributed by atoms with Gasteiger partial charge in [0.05, 0.1) is 6.54 Å². The van der Waals surface area contributed by atoms with Gasteiger partial charge >= 0.3 is 0 Å². The van der Waals surface area contributed by atoms with Gasteiger partial charge in [-0.05, 0) is 24.6 Å². The molecule has 3 aromatic rings. The highest BCUT2D eigenvalue weighted by Gasteiger charge is 2.05. The second-order valence-corrected chi connectivity index (χ2v) is 5.41. The monoisotopic (exact) mass is 284 g/mol. The number of anilines is 1. The van der Waals surface area contributed by atoms with E-state index in [1.54, 1.807) is 0 Å². The molecule has 0 aliphatic rings. The van der Waals surface area contributed by atoms with Crippen molar-refractivity contribution in [1.82, 2.24) is 25.5 Å². The Morgan fingerprint density at radius 3 is 2.81 bits per heavy atom. The fraction of sp³-hybridized carbons (Fsp3) is 0.333. The Labute approximate surface area is 123 Å². The number of hydrogen-bond donors (Lipinski definition) is 3. The first-order chi connectivity index (χ1) is 10.1. The van der Waals surface area contributed by atoms with Crippen molar-refractivity contribution >= 4 is 16.9 Å². The highest BCUT2D eigenvalue weighted by atomic mass is 15.3. The number of benzene rings is 1. The fourth-order valence-corrected chi connectivity index (χ4v) is 2.34. The van der Waals surface area contributed by atoms with Gasteiger partial charge in [0.25, 0.3) is 0 Å². The molecule has 2 heterocycles. The van der Waals surface area contributed by atoms with Crippen molar-refractivity contribution < 1.29 is 0 Å². The Kier molecular flexibility index (Phi) is 3.62. The van der Waals surface area contributed by atoms with Gasteiger partial charge in [-0.2, -0.15) is 4.98 Å². The molecule has 0 fully saturated rings. The van der Waals surface area contributed by atoms with E-state index in [2.05, 4.69) is 56.7 Å². The molecule has 0 radical (unpaired) electrons. The molecule has 0 atom stereocenters. The van der Waals surface area contributed by atoms with Crippen molar-refractivity contribution in [3.63, 3.8) is 0 Å². The molecule has 0 saturated carbocycles. The third-order valence-electron chi connectivity index (χ3n) is 3.47. The molecule has 3 N–H and O–H groups in total. The Morgan fingerprint density at radius 1 is 1.24 bits per heavy atom. The number of aromatic amines is 2. The molecule has 0 spiro atoms. The molecule has 6 nitrogen and oxygen atoms in total. The first-order valence-corrected chi connectivity index (χ1v) is 7.00. The second-order valence-electron chi connectivity index (χ2n) is 5.41. The maximum Gasteiger partial charge on any atom is 0.244 e. The number of aromatic nitrogens is 4. The molecule has 110 valence electrons. The van der Waals surface area contributed by atoms with Crippen LogP contribution in [0.1, 0.15) is 17.1 Å². The largest absolute Gasteiger partial charge is 0.357 e. The van der Waals surface area contributed by atoms with Crippen LogP contribution in [0.2, 0.25) is 0 Å². The standard InChI is InChI=1S/C15H20N6/c1-10-5-4-6-13-12(10)7-11(17-13)8-16-9-14-18-15(20-19-14)21(2)3/h4-7,16-17H,8-9H2,1-3H3,(H,18,19,20). The van der Waals surface area contributed by atoms with E-state index < -0.39 is 0 Å². The molecular formula is C15H20N6. The van der Waals surface area contributed by atoms with Crippen LogP contribution in [-0.2, 0) is 13.1 Å². The minimum absolute atomic E-state index is 0.662. The summed E-state index contributed by atoms with van der Waals surface area (Å²) in [6, 6.07) is 8.50. The first-order valence-electron chi connectivity index (χ1n) is 7.00. The van der Waals surface area contributed by atoms with Gasteiger partial charge in [-0.1, -0.05) is 12.1 Å². The summed E-state index contributed by atoms with van der Waals surface area (Å²) in [6.45, 7) is 3.56. The summed E-state index contributed by atoms with van der Waals surface area (Å²) in [5.74, 6) is 1.54. The molecule has 0 unspecified atom stereocenters. The summed E-state index contributed by atoms with van der Waals surface area (Å²) in [5, 5.41) is 11.7. The van der Waals surface area contributed by atoms with Crippen molar-refractivity contribution in [3.8, 4) is 0 Å². The summed E-state index contributed by atoms with van der Waals surface area (Å²) in [7, 11) is 3.85. The zero-order valence-electron chi connectivity index (χ0n) is 12.6. The van der Waals surface area contributed by atoms with Gasteiger partial charge < -0.3 is 15.2 Å². The summed E-state index contributed by atoms with van der Waals surface area (Å²) in [4.78, 5) is 9.69. The maximum atomic E-state index is 4.38. The third-order valence-corrected chi connectivity index (χ3v) is 3.47. The van der Waals surface area contributed by atoms with E-state index in [9.17, 15) is 0 Å². The van der Waals surface area contributed by atoms with E-state index in [0.29, 0.717) is 12.5 Å². The molecule has 1 aromatic carbocycles. The Bertz CT molecular complexity index is 740. The van der Waals surface area contributed by atoms with Crippen LogP contribution in [0.15, 0.2) is 24.3 Å². The summed E-state index contributed by atoms with van der Waals surface area (Å²) in [6.07, 6.45) is 0. The Hall–Kier alpha value is -2.34. The lowest BCUT2D eigenvalue weighted by molar-refractivity contribution is 0.657. The van der Waals surface area contributed by atoms with Crippen molar-refractivity contribution in [2.24, 2.45) is 0 Å². The molecule has 0 amide bonds. The average Bonchev–Trinajstić information content (AvgIpc) is 3.06. The second kappa shape index (κ2) is 5.57. The predicted molar refractivity (Wildman–Crippen MR) is 84.3 cm³/mol. The minimum atomic E-state index is 0.662. The smallest absolute Gasteiger partial charge is 0.244 e. The molecule has 0 aliphatic heterocycles. The molecule has 0 aliphatic carbocycles. The van der Waals surface area contributed by atoms with Gasteiger partial charge in [-0.25, -0.2) is 0 Å². The molecule has 0 saturated heterocycles. The summed E-state index contributed by atoms with van der Waals surface area (Å²) in [5.41, 5.74) is 3.65. The topological polar surface area (TPSA) is 72.6 Å². The quantitative estimate of drug-likeness (QED) is 0.669. The van der Waals surface area contributed by atoms with Gasteiger partial charge in [0.1, 0.15) is 5.82 Å². The number of fused-ring (bicyclic) bond motifs is 1. The van der Waals surface area contributed by atoms with Gasteiger partial charge in [0.2, 0.25) is 5.95 Å². The van der Waals surface area contributed by atoms with Gasteiger partial charge in [-0.3, -0.25) is 5.10 Å². The number of rotatable bonds is 5. The summed E-state index contributed by atoms with van der Waals surface area (Å²) >= 11 is 0. The van der Waals surface area contributed by atoms with Crippen LogP contribution in [-0.4, -0.2) is 34.3 Å². The van der Waals surface area contributed by atoms with Crippen LogP contribution in [0.5, 0.6) is 0 Å². The van der Waals surface area contributed by atoms with Gasteiger partial charge in [-0.15, -0.1) is 5.10 Å². The van der Waals surface area contributed by atoms with Crippen LogP contribution in [0, 0.1) is 6.92 Å². The number of H-pyrrole nitrogens is 2. The Balaban J connectivity index is 1.62. The average molecular weight is 284 g/mol. The van der Waals surface area contributed by atoms with Gasteiger partial charge in [0, 0.05) is 37.2 Å². The number of aryl methyl sites for hydroxylation is 1. The van der Waals surface area contributed by atoms with E-state index in [1.807, 2.05) is 19.0 Å². The normalized spacial score (nSPS) is 11.2. The molecule has 3 rings (SSSR count). The minimum Gasteiger partial charge on any atom is -0.357 e. The third kappa shape index (κ3) is 2.90. The number of nitrogens with zero attached hydrogens (tertiary/aromatic N) is 3. The van der Waals surface area contributed by atoms with E-state index in [4.69, 9.17) is 0 Å². The van der Waals surface area contributed by atoms with Crippen LogP contribution in [0.3, 0.4) is 0 Å². The van der Waals surface area contributed by atoms with Crippen LogP contribution in [0.4, 0.5) is 5.95 Å². The van der Waals surface area contributed by atoms with Crippen LogP contribution in [0.25, 0.3) is 10.9 Å². The number of hydrogen-bond acceptors (Lipinski definition) is 4. The zero-order valence-corrected chi connectivity index (χ0v) is 12.6. The maximum absolute atomic E-state index is 4.38. The highest BCUT2D eigenvalue weighted by molar-refractivity contribution is 5.83. The fourth-order valence-electron chi connectivity index (χ4n) is 2.34. The molecular weight excluding hydrogens is 264 g/mol. The van der Waals surface area contributed by atoms with Gasteiger partial charge in [0.15, 0.2) is 0 Å². The van der Waals surface area contributed by atoms with Crippen LogP contribution >= 0.6 is 0 Å². The molecule has 21 heavy (non-hydrogen) atoms. The van der Waals surface area contributed by atoms with E-state index in [0.717, 1.165) is 12.4 Å².